The van der Waals surface area contributed by atoms with Gasteiger partial charge in [-0.25, -0.2) is 9.36 Å². The average Bonchev–Trinajstić information content (AvgIpc) is 3.91. The highest BCUT2D eigenvalue weighted by Crippen LogP contribution is 2.66. The lowest BCUT2D eigenvalue weighted by Gasteiger charge is -2.57. The van der Waals surface area contributed by atoms with Crippen LogP contribution in [0.4, 0.5) is 4.79 Å². The molecule has 21 nitrogen and oxygen atoms in total. The molecule has 3 saturated carbocycles. The van der Waals surface area contributed by atoms with Gasteiger partial charge < -0.3 is 56.6 Å². The first-order valence-electron chi connectivity index (χ1n) is 28.9. The normalized spacial score (nSPS) is 24.5. The largest absolute Gasteiger partial charge is 0.481 e. The fourth-order valence-electron chi connectivity index (χ4n) is 12.9. The van der Waals surface area contributed by atoms with Crippen molar-refractivity contribution in [3.8, 4) is 0 Å². The Balaban J connectivity index is 1.11. The molecule has 0 aromatic heterocycles. The zero-order valence-corrected chi connectivity index (χ0v) is 49.8. The number of fused-ring (bicyclic) bond motifs is 5. The summed E-state index contributed by atoms with van der Waals surface area (Å²) in [6.45, 7) is 12.8. The molecule has 4 aliphatic carbocycles. The molecule has 0 bridgehead atoms. The number of carbonyl (C=O) groups excluding carboxylic acids is 6. The van der Waals surface area contributed by atoms with Crippen molar-refractivity contribution < 1.29 is 72.2 Å². The maximum Gasteiger partial charge on any atom is 0.469 e. The van der Waals surface area contributed by atoms with Crippen LogP contribution in [0, 0.1) is 52.8 Å². The first-order chi connectivity index (χ1) is 37.5. The molecule has 24 heteroatoms. The van der Waals surface area contributed by atoms with E-state index in [9.17, 15) is 53.1 Å². The molecule has 11 atom stereocenters. The van der Waals surface area contributed by atoms with E-state index in [1.54, 1.807) is 0 Å². The molecule has 0 aromatic carbocycles. The minimum Gasteiger partial charge on any atom is -0.481 e. The summed E-state index contributed by atoms with van der Waals surface area (Å²) in [6.07, 6.45) is 14.2. The van der Waals surface area contributed by atoms with Crippen LogP contribution < -0.4 is 31.9 Å². The lowest BCUT2D eigenvalue weighted by atomic mass is 9.48. The Kier molecular flexibility index (Phi) is 29.6. The van der Waals surface area contributed by atoms with Crippen molar-refractivity contribution in [3.05, 3.63) is 11.6 Å². The number of alkyl carbamates (subject to hydrolysis) is 1. The first-order valence-corrected chi connectivity index (χ1v) is 32.9. The molecule has 6 amide bonds. The van der Waals surface area contributed by atoms with Crippen molar-refractivity contribution >= 4 is 77.0 Å². The highest BCUT2D eigenvalue weighted by molar-refractivity contribution is 8.76. The predicted octanol–water partition coefficient (Wildman–Crippen LogP) is 7.25. The van der Waals surface area contributed by atoms with Crippen LogP contribution in [0.1, 0.15) is 169 Å². The summed E-state index contributed by atoms with van der Waals surface area (Å²) < 4.78 is 20.9. The Bertz CT molecular complexity index is 2100. The number of hydrogen-bond acceptors (Lipinski definition) is 13. The number of rotatable bonds is 37. The van der Waals surface area contributed by atoms with Crippen LogP contribution in [0.2, 0.25) is 0 Å². The van der Waals surface area contributed by atoms with Crippen molar-refractivity contribution in [2.75, 3.05) is 44.3 Å². The summed E-state index contributed by atoms with van der Waals surface area (Å²) in [6, 6.07) is -2.71. The van der Waals surface area contributed by atoms with E-state index in [0.29, 0.717) is 60.5 Å². The summed E-state index contributed by atoms with van der Waals surface area (Å²) in [7, 11) is -1.66. The van der Waals surface area contributed by atoms with E-state index in [4.69, 9.17) is 14.5 Å². The van der Waals surface area contributed by atoms with Gasteiger partial charge in [0, 0.05) is 76.2 Å². The second-order valence-corrected chi connectivity index (χ2v) is 26.9. The summed E-state index contributed by atoms with van der Waals surface area (Å²) in [5, 5.41) is 34.3. The van der Waals surface area contributed by atoms with Gasteiger partial charge in [0.15, 0.2) is 0 Å². The molecular formula is C55H93N6O15PS2. The number of hydrogen-bond donors (Lipinski definition) is 10. The summed E-state index contributed by atoms with van der Waals surface area (Å²) >= 11 is 0. The third-order valence-electron chi connectivity index (χ3n) is 17.0. The van der Waals surface area contributed by atoms with Gasteiger partial charge in [0.2, 0.25) is 29.5 Å². The van der Waals surface area contributed by atoms with Crippen LogP contribution >= 0.6 is 29.4 Å². The third-order valence-corrected chi connectivity index (χ3v) is 19.9. The second kappa shape index (κ2) is 34.5. The third kappa shape index (κ3) is 23.9. The maximum absolute atomic E-state index is 13.4. The van der Waals surface area contributed by atoms with Crippen molar-refractivity contribution in [1.82, 2.24) is 31.9 Å². The SMILES string of the molecule is CC(C)CCCC(C)C1CC[C@H]2[C@@H]3CC=C4C[C@@H](OC(=O)NCCC(=O)NCCC(=O)N[C@@H](CCC(=O)O)C(=O)N[C@@H](CCC(=O)O)C(=O)NCCSSCCC(=O)NCCCCCCOP(=O)(O)O)CCC4C3CC(C)C12C. The van der Waals surface area contributed by atoms with E-state index in [0.717, 1.165) is 61.7 Å². The van der Waals surface area contributed by atoms with Crippen LogP contribution in [0.15, 0.2) is 11.6 Å². The summed E-state index contributed by atoms with van der Waals surface area (Å²) in [4.78, 5) is 117. The van der Waals surface area contributed by atoms with Crippen molar-refractivity contribution in [2.45, 2.75) is 188 Å². The van der Waals surface area contributed by atoms with Gasteiger partial charge in [-0.2, -0.15) is 0 Å². The summed E-state index contributed by atoms with van der Waals surface area (Å²) in [5.41, 5.74) is 1.83. The Labute approximate surface area is 475 Å². The van der Waals surface area contributed by atoms with E-state index >= 15 is 0 Å². The van der Waals surface area contributed by atoms with E-state index < -0.39 is 74.4 Å². The number of aliphatic carboxylic acids is 2. The van der Waals surface area contributed by atoms with E-state index in [2.05, 4.69) is 77.1 Å². The zero-order chi connectivity index (χ0) is 58.1. The average molecular weight is 1170 g/mol. The van der Waals surface area contributed by atoms with Crippen molar-refractivity contribution in [2.24, 2.45) is 52.8 Å². The van der Waals surface area contributed by atoms with Gasteiger partial charge in [-0.15, -0.1) is 0 Å². The Hall–Kier alpha value is -3.89. The zero-order valence-electron chi connectivity index (χ0n) is 47.3. The minimum atomic E-state index is -4.46. The number of allylic oxidation sites excluding steroid dienone is 1. The number of phosphoric ester groups is 1. The van der Waals surface area contributed by atoms with Crippen molar-refractivity contribution in [3.63, 3.8) is 0 Å². The number of carbonyl (C=O) groups is 8. The van der Waals surface area contributed by atoms with Gasteiger partial charge >= 0.3 is 25.9 Å². The second-order valence-electron chi connectivity index (χ2n) is 22.9. The van der Waals surface area contributed by atoms with Crippen LogP contribution in [-0.4, -0.2) is 130 Å². The van der Waals surface area contributed by atoms with Gasteiger partial charge in [0.1, 0.15) is 18.2 Å². The topological polar surface area (TPSA) is 325 Å². The van der Waals surface area contributed by atoms with E-state index in [1.807, 2.05) is 0 Å². The van der Waals surface area contributed by atoms with Crippen molar-refractivity contribution in [1.29, 1.82) is 0 Å². The number of nitrogens with one attached hydrogen (secondary N) is 6. The molecule has 0 aromatic rings. The smallest absolute Gasteiger partial charge is 0.469 e. The maximum atomic E-state index is 13.4. The minimum absolute atomic E-state index is 0.0111. The van der Waals surface area contributed by atoms with Gasteiger partial charge in [0.05, 0.1) is 6.61 Å². The number of ether oxygens (including phenoxy) is 1. The highest BCUT2D eigenvalue weighted by atomic mass is 33.1. The van der Waals surface area contributed by atoms with E-state index in [-0.39, 0.29) is 70.4 Å². The first kappa shape index (κ1) is 67.6. The predicted molar refractivity (Wildman–Crippen MR) is 303 cm³/mol. The van der Waals surface area contributed by atoms with Gasteiger partial charge in [0.25, 0.3) is 0 Å². The molecule has 6 unspecified atom stereocenters. The van der Waals surface area contributed by atoms with Gasteiger partial charge in [-0.05, 0) is 117 Å². The number of unbranched alkanes of at least 4 members (excludes halogenated alkanes) is 3. The number of phosphoric acid groups is 1. The number of carboxylic acids is 2. The molecular weight excluding hydrogens is 1080 g/mol. The number of amides is 6. The molecule has 4 rings (SSSR count). The standard InChI is InChI=1S/C55H93N6O15PS2/c1-35(2)11-10-12-36(3)43-17-18-44-41-15-13-38-34-39(14-16-40(38)42(41)33-37(4)55(43,44)5)76-54(71)59-28-23-47(62)57-27-24-49(64)60-46(20-22-51(67)68)53(70)61-45(19-21-50(65)66)52(69)58-29-32-79-78-31-25-48(63)56-26-8-6-7-9-30-75-77(72,73)74/h13,35-37,39-46H,6-12,14-34H2,1-5H3,(H,56,63)(H,57,62)(H,58,69)(H,59,71)(H,60,64)(H,61,70)(H,65,66)(H,67,68)(H2,72,73,74)/t36?,37?,39-,40?,41+,42?,43?,44-,45-,46-,55?/m0/s1. The Morgan fingerprint density at radius 3 is 2.03 bits per heavy atom. The van der Waals surface area contributed by atoms with Crippen LogP contribution in [-0.2, 0) is 47.4 Å². The number of carboxylic acid groups (broad SMARTS) is 2. The monoisotopic (exact) mass is 1170 g/mol. The fourth-order valence-corrected chi connectivity index (χ4v) is 15.1. The molecule has 0 radical (unpaired) electrons. The summed E-state index contributed by atoms with van der Waals surface area (Å²) in [5.74, 6) is 1.32. The Morgan fingerprint density at radius 2 is 1.33 bits per heavy atom. The lowest BCUT2D eigenvalue weighted by molar-refractivity contribution is -0.139. The van der Waals surface area contributed by atoms with Gasteiger partial charge in [-0.3, -0.25) is 38.1 Å². The molecule has 0 spiro atoms. The molecule has 79 heavy (non-hydrogen) atoms. The molecule has 10 N–H and O–H groups in total. The molecule has 4 aliphatic rings. The van der Waals surface area contributed by atoms with Gasteiger partial charge in [-0.1, -0.05) is 100.0 Å². The molecule has 450 valence electrons. The molecule has 0 heterocycles. The van der Waals surface area contributed by atoms with Crippen LogP contribution in [0.5, 0.6) is 0 Å². The highest BCUT2D eigenvalue weighted by Gasteiger charge is 2.59. The van der Waals surface area contributed by atoms with Crippen LogP contribution in [0.3, 0.4) is 0 Å². The molecule has 0 aliphatic heterocycles. The Morgan fingerprint density at radius 1 is 0.684 bits per heavy atom. The fraction of sp³-hybridized carbons (Fsp3) is 0.818. The molecule has 3 fully saturated rings. The quantitative estimate of drug-likeness (QED) is 0.0127. The van der Waals surface area contributed by atoms with E-state index in [1.165, 1.54) is 65.7 Å². The van der Waals surface area contributed by atoms with Crippen LogP contribution in [0.25, 0.3) is 0 Å². The lowest BCUT2D eigenvalue weighted by Crippen LogP contribution is -2.54. The molecule has 0 saturated heterocycles.